The molecule has 2 aliphatic rings. The minimum atomic E-state index is -4.01. The number of anilines is 1. The molecule has 1 saturated heterocycles. The molecule has 3 N–H and O–H groups in total. The van der Waals surface area contributed by atoms with E-state index >= 15 is 0 Å². The van der Waals surface area contributed by atoms with E-state index in [4.69, 9.17) is 4.74 Å². The number of nitrogens with zero attached hydrogens (tertiary/aromatic N) is 1. The van der Waals surface area contributed by atoms with E-state index in [1.807, 2.05) is 36.5 Å². The average molecular weight is 567 g/mol. The van der Waals surface area contributed by atoms with Crippen LogP contribution >= 0.6 is 0 Å². The van der Waals surface area contributed by atoms with Crippen LogP contribution in [0.5, 0.6) is 0 Å². The molecule has 3 aromatic rings. The van der Waals surface area contributed by atoms with Crippen molar-refractivity contribution in [3.63, 3.8) is 0 Å². The van der Waals surface area contributed by atoms with Crippen LogP contribution in [-0.2, 0) is 37.2 Å². The minimum Gasteiger partial charge on any atom is -0.466 e. The molecule has 0 bridgehead atoms. The van der Waals surface area contributed by atoms with Crippen molar-refractivity contribution in [1.29, 1.82) is 0 Å². The molecule has 214 valence electrons. The lowest BCUT2D eigenvalue weighted by Gasteiger charge is -2.34. The second kappa shape index (κ2) is 12.0. The van der Waals surface area contributed by atoms with Gasteiger partial charge in [0.05, 0.1) is 12.3 Å². The zero-order valence-corrected chi connectivity index (χ0v) is 23.9. The van der Waals surface area contributed by atoms with Gasteiger partial charge in [-0.15, -0.1) is 0 Å². The number of rotatable bonds is 9. The second-order valence-electron chi connectivity index (χ2n) is 11.1. The van der Waals surface area contributed by atoms with Crippen LogP contribution in [0.3, 0.4) is 0 Å². The van der Waals surface area contributed by atoms with Crippen molar-refractivity contribution < 1.29 is 22.7 Å². The highest BCUT2D eigenvalue weighted by Crippen LogP contribution is 2.32. The summed E-state index contributed by atoms with van der Waals surface area (Å²) in [6, 6.07) is 12.2. The quantitative estimate of drug-likeness (QED) is 0.339. The van der Waals surface area contributed by atoms with Gasteiger partial charge in [-0.25, -0.2) is 8.42 Å². The summed E-state index contributed by atoms with van der Waals surface area (Å²) in [7, 11) is -4.01. The smallest absolute Gasteiger partial charge is 0.302 e. The lowest BCUT2D eigenvalue weighted by Crippen LogP contribution is -2.51. The summed E-state index contributed by atoms with van der Waals surface area (Å²) in [5.74, 6) is 0.256. The molecule has 0 aliphatic carbocycles. The number of sulfonamides is 1. The molecule has 1 fully saturated rings. The van der Waals surface area contributed by atoms with Gasteiger partial charge in [-0.1, -0.05) is 37.3 Å². The van der Waals surface area contributed by atoms with Gasteiger partial charge in [-0.3, -0.25) is 9.59 Å². The Balaban J connectivity index is 1.37. The Morgan fingerprint density at radius 2 is 1.90 bits per heavy atom. The average Bonchev–Trinajstić information content (AvgIpc) is 3.34. The number of hydrogen-bond acceptors (Lipinski definition) is 6. The summed E-state index contributed by atoms with van der Waals surface area (Å²) in [6.07, 6.45) is 5.22. The first-order valence-corrected chi connectivity index (χ1v) is 15.5. The maximum Gasteiger partial charge on any atom is 0.302 e. The van der Waals surface area contributed by atoms with Crippen molar-refractivity contribution >= 4 is 38.5 Å². The predicted octanol–water partition coefficient (Wildman–Crippen LogP) is 3.85. The number of aromatic nitrogens is 1. The molecule has 9 nitrogen and oxygen atoms in total. The first kappa shape index (κ1) is 28.2. The van der Waals surface area contributed by atoms with Crippen LogP contribution < -0.4 is 10.0 Å². The zero-order chi connectivity index (χ0) is 28.3. The van der Waals surface area contributed by atoms with Gasteiger partial charge in [0, 0.05) is 43.7 Å². The van der Waals surface area contributed by atoms with Gasteiger partial charge in [0.15, 0.2) is 0 Å². The van der Waals surface area contributed by atoms with Crippen LogP contribution in [0.25, 0.3) is 10.9 Å². The highest BCUT2D eigenvalue weighted by Gasteiger charge is 2.34. The summed E-state index contributed by atoms with van der Waals surface area (Å²) in [6.45, 7) is 5.68. The highest BCUT2D eigenvalue weighted by molar-refractivity contribution is 7.89. The van der Waals surface area contributed by atoms with Gasteiger partial charge >= 0.3 is 5.97 Å². The maximum atomic E-state index is 13.9. The van der Waals surface area contributed by atoms with E-state index in [2.05, 4.69) is 21.9 Å². The van der Waals surface area contributed by atoms with Crippen molar-refractivity contribution in [2.75, 3.05) is 31.6 Å². The Hall–Kier alpha value is -3.37. The molecule has 40 heavy (non-hydrogen) atoms. The van der Waals surface area contributed by atoms with Gasteiger partial charge in [0.1, 0.15) is 10.9 Å². The molecule has 5 rings (SSSR count). The zero-order valence-electron chi connectivity index (χ0n) is 23.1. The van der Waals surface area contributed by atoms with Gasteiger partial charge in [0.25, 0.3) is 0 Å². The van der Waals surface area contributed by atoms with Crippen molar-refractivity contribution in [3.8, 4) is 0 Å². The number of amides is 1. The van der Waals surface area contributed by atoms with Crippen LogP contribution in [0.2, 0.25) is 0 Å². The molecule has 0 saturated carbocycles. The van der Waals surface area contributed by atoms with E-state index in [1.54, 1.807) is 17.0 Å². The Bertz CT molecular complexity index is 1480. The van der Waals surface area contributed by atoms with E-state index in [-0.39, 0.29) is 23.2 Å². The summed E-state index contributed by atoms with van der Waals surface area (Å²) in [5.41, 5.74) is 3.42. The summed E-state index contributed by atoms with van der Waals surface area (Å²) in [5, 5.41) is 4.27. The number of fused-ring (bicyclic) bond motifs is 2. The number of benzene rings is 2. The van der Waals surface area contributed by atoms with E-state index in [0.29, 0.717) is 43.8 Å². The third kappa shape index (κ3) is 6.33. The summed E-state index contributed by atoms with van der Waals surface area (Å²) in [4.78, 5) is 30.2. The number of likely N-dealkylation sites (tertiary alicyclic amines) is 1. The highest BCUT2D eigenvalue weighted by atomic mass is 32.2. The SMILES string of the molecule is CC(=O)OCCC1CCN(C(=O)[C@@H](Cc2c[nH]c3ccccc23)NS(=O)(=O)c2cccc3c2NCC(C)C3)CC1. The molecule has 2 atom stereocenters. The molecule has 0 radical (unpaired) electrons. The topological polar surface area (TPSA) is 121 Å². The van der Waals surface area contributed by atoms with Gasteiger partial charge < -0.3 is 19.9 Å². The Labute approximate surface area is 235 Å². The lowest BCUT2D eigenvalue weighted by molar-refractivity contribution is -0.141. The lowest BCUT2D eigenvalue weighted by atomic mass is 9.93. The first-order chi connectivity index (χ1) is 19.2. The van der Waals surface area contributed by atoms with Gasteiger partial charge in [0.2, 0.25) is 15.9 Å². The maximum absolute atomic E-state index is 13.9. The molecular formula is C30H38N4O5S. The molecule has 1 amide bonds. The predicted molar refractivity (Wildman–Crippen MR) is 154 cm³/mol. The molecular weight excluding hydrogens is 528 g/mol. The van der Waals surface area contributed by atoms with E-state index in [9.17, 15) is 18.0 Å². The van der Waals surface area contributed by atoms with Crippen LogP contribution in [0.15, 0.2) is 53.6 Å². The molecule has 3 heterocycles. The molecule has 1 unspecified atom stereocenters. The van der Waals surface area contributed by atoms with Crippen molar-refractivity contribution in [3.05, 3.63) is 59.8 Å². The fourth-order valence-electron chi connectivity index (χ4n) is 5.88. The Morgan fingerprint density at radius 3 is 2.67 bits per heavy atom. The number of aromatic amines is 1. The normalized spacial score (nSPS) is 18.6. The van der Waals surface area contributed by atoms with Gasteiger partial charge in [-0.05, 0) is 67.2 Å². The molecule has 1 aromatic heterocycles. The number of ether oxygens (including phenoxy) is 1. The third-order valence-electron chi connectivity index (χ3n) is 8.05. The first-order valence-electron chi connectivity index (χ1n) is 14.1. The summed E-state index contributed by atoms with van der Waals surface area (Å²) >= 11 is 0. The number of carbonyl (C=O) groups is 2. The Kier molecular flexibility index (Phi) is 8.46. The molecule has 2 aromatic carbocycles. The molecule has 10 heteroatoms. The Morgan fingerprint density at radius 1 is 1.12 bits per heavy atom. The van der Waals surface area contributed by atoms with E-state index < -0.39 is 16.1 Å². The largest absolute Gasteiger partial charge is 0.466 e. The number of nitrogens with one attached hydrogen (secondary N) is 3. The third-order valence-corrected chi connectivity index (χ3v) is 9.56. The van der Waals surface area contributed by atoms with E-state index in [1.165, 1.54) is 6.92 Å². The van der Waals surface area contributed by atoms with Gasteiger partial charge in [-0.2, -0.15) is 4.72 Å². The van der Waals surface area contributed by atoms with Crippen LogP contribution in [-0.4, -0.2) is 62.5 Å². The molecule has 0 spiro atoms. The number of H-pyrrole nitrogens is 1. The number of para-hydroxylation sites is 2. The van der Waals surface area contributed by atoms with Crippen LogP contribution in [0.4, 0.5) is 5.69 Å². The number of esters is 1. The van der Waals surface area contributed by atoms with Crippen LogP contribution in [0, 0.1) is 11.8 Å². The van der Waals surface area contributed by atoms with Crippen molar-refractivity contribution in [1.82, 2.24) is 14.6 Å². The van der Waals surface area contributed by atoms with Crippen molar-refractivity contribution in [2.45, 2.75) is 56.9 Å². The molecule has 2 aliphatic heterocycles. The fourth-order valence-corrected chi connectivity index (χ4v) is 7.29. The number of piperidine rings is 1. The summed E-state index contributed by atoms with van der Waals surface area (Å²) < 4.78 is 35.5. The minimum absolute atomic E-state index is 0.179. The van der Waals surface area contributed by atoms with Crippen molar-refractivity contribution in [2.24, 2.45) is 11.8 Å². The second-order valence-corrected chi connectivity index (χ2v) is 12.8. The van der Waals surface area contributed by atoms with Crippen LogP contribution in [0.1, 0.15) is 44.2 Å². The number of hydrogen-bond donors (Lipinski definition) is 3. The number of carbonyl (C=O) groups excluding carboxylic acids is 2. The fraction of sp³-hybridized carbons (Fsp3) is 0.467. The van der Waals surface area contributed by atoms with E-state index in [0.717, 1.165) is 47.7 Å². The monoisotopic (exact) mass is 566 g/mol. The standard InChI is InChI=1S/C30H38N4O5S/c1-20-16-23-6-5-9-28(29(23)32-18-20)40(37,38)33-27(17-24-19-31-26-8-4-3-7-25(24)26)30(36)34-13-10-22(11-14-34)12-15-39-21(2)35/h3-9,19-20,22,27,31-33H,10-18H2,1-2H3/t20?,27-/m1/s1.